The summed E-state index contributed by atoms with van der Waals surface area (Å²) in [7, 11) is 0. The number of rotatable bonds is 1. The summed E-state index contributed by atoms with van der Waals surface area (Å²) in [6.45, 7) is 0.388. The van der Waals surface area contributed by atoms with Crippen molar-refractivity contribution in [3.63, 3.8) is 0 Å². The second kappa shape index (κ2) is 5.11. The number of nitrogens with zero attached hydrogens (tertiary/aromatic N) is 1. The Morgan fingerprint density at radius 3 is 2.73 bits per heavy atom. The fraction of sp³-hybridized carbons (Fsp3) is 0.111. The topological polar surface area (TPSA) is 39.2 Å². The van der Waals surface area contributed by atoms with Crippen LogP contribution in [0.15, 0.2) is 48.5 Å². The van der Waals surface area contributed by atoms with Crippen LogP contribution in [-0.2, 0) is 11.2 Å². The van der Waals surface area contributed by atoms with E-state index in [0.29, 0.717) is 23.7 Å². The van der Waals surface area contributed by atoms with Crippen molar-refractivity contribution in [2.24, 2.45) is 0 Å². The van der Waals surface area contributed by atoms with E-state index in [-0.39, 0.29) is 5.97 Å². The van der Waals surface area contributed by atoms with Crippen LogP contribution in [0.25, 0.3) is 22.0 Å². The third-order valence-corrected chi connectivity index (χ3v) is 4.12. The van der Waals surface area contributed by atoms with Gasteiger partial charge in [-0.15, -0.1) is 0 Å². The first kappa shape index (κ1) is 13.3. The summed E-state index contributed by atoms with van der Waals surface area (Å²) in [4.78, 5) is 16.6. The van der Waals surface area contributed by atoms with Crippen LogP contribution in [0, 0.1) is 0 Å². The molecule has 0 spiro atoms. The van der Waals surface area contributed by atoms with Crippen LogP contribution in [0.5, 0.6) is 0 Å². The van der Waals surface area contributed by atoms with E-state index >= 15 is 0 Å². The molecule has 22 heavy (non-hydrogen) atoms. The minimum atomic E-state index is -0.352. The number of ether oxygens (including phenoxy) is 1. The molecule has 0 bridgehead atoms. The molecule has 4 rings (SSSR count). The van der Waals surface area contributed by atoms with Crippen molar-refractivity contribution in [2.45, 2.75) is 6.42 Å². The van der Waals surface area contributed by atoms with Crippen molar-refractivity contribution in [3.05, 3.63) is 64.8 Å². The SMILES string of the molecule is O=C1OCCc2c1nc1ccc(Cl)cc1c2-c1ccccc1. The van der Waals surface area contributed by atoms with Gasteiger partial charge in [0.25, 0.3) is 0 Å². The number of pyridine rings is 1. The largest absolute Gasteiger partial charge is 0.461 e. The average molecular weight is 310 g/mol. The lowest BCUT2D eigenvalue weighted by Gasteiger charge is -2.20. The third-order valence-electron chi connectivity index (χ3n) is 3.89. The first-order valence-electron chi connectivity index (χ1n) is 7.09. The highest BCUT2D eigenvalue weighted by molar-refractivity contribution is 6.31. The lowest BCUT2D eigenvalue weighted by atomic mass is 9.92. The number of aromatic nitrogens is 1. The summed E-state index contributed by atoms with van der Waals surface area (Å²) in [5.41, 5.74) is 4.20. The van der Waals surface area contributed by atoms with Crippen molar-refractivity contribution in [2.75, 3.05) is 6.61 Å². The van der Waals surface area contributed by atoms with Gasteiger partial charge >= 0.3 is 5.97 Å². The van der Waals surface area contributed by atoms with Crippen molar-refractivity contribution >= 4 is 28.5 Å². The molecule has 108 valence electrons. The van der Waals surface area contributed by atoms with Gasteiger partial charge in [-0.1, -0.05) is 41.9 Å². The Bertz CT molecular complexity index is 890. The summed E-state index contributed by atoms with van der Waals surface area (Å²) < 4.78 is 5.14. The molecule has 0 fully saturated rings. The number of halogens is 1. The van der Waals surface area contributed by atoms with Gasteiger partial charge in [0.05, 0.1) is 12.1 Å². The third kappa shape index (κ3) is 2.06. The van der Waals surface area contributed by atoms with E-state index in [0.717, 1.165) is 27.6 Å². The van der Waals surface area contributed by atoms with Crippen molar-refractivity contribution in [1.29, 1.82) is 0 Å². The van der Waals surface area contributed by atoms with E-state index in [2.05, 4.69) is 4.98 Å². The molecule has 1 aliphatic rings. The molecule has 0 amide bonds. The molecule has 1 aliphatic heterocycles. The number of hydrogen-bond acceptors (Lipinski definition) is 3. The molecule has 0 saturated carbocycles. The van der Waals surface area contributed by atoms with E-state index in [1.165, 1.54) is 0 Å². The highest BCUT2D eigenvalue weighted by Gasteiger charge is 2.25. The molecule has 0 unspecified atom stereocenters. The normalized spacial score (nSPS) is 13.8. The van der Waals surface area contributed by atoms with E-state index < -0.39 is 0 Å². The van der Waals surface area contributed by atoms with Gasteiger partial charge in [0.2, 0.25) is 0 Å². The molecule has 4 heteroatoms. The van der Waals surface area contributed by atoms with Crippen LogP contribution in [-0.4, -0.2) is 17.6 Å². The maximum Gasteiger partial charge on any atom is 0.357 e. The van der Waals surface area contributed by atoms with Crippen molar-refractivity contribution in [1.82, 2.24) is 4.98 Å². The summed E-state index contributed by atoms with van der Waals surface area (Å²) in [6, 6.07) is 15.6. The first-order valence-corrected chi connectivity index (χ1v) is 7.46. The monoisotopic (exact) mass is 309 g/mol. The van der Waals surface area contributed by atoms with Crippen LogP contribution in [0.1, 0.15) is 16.1 Å². The lowest BCUT2D eigenvalue weighted by Crippen LogP contribution is -2.20. The first-order chi connectivity index (χ1) is 10.7. The minimum absolute atomic E-state index is 0.352. The van der Waals surface area contributed by atoms with Crippen LogP contribution in [0.3, 0.4) is 0 Å². The second-order valence-electron chi connectivity index (χ2n) is 5.23. The van der Waals surface area contributed by atoms with Gasteiger partial charge in [-0.05, 0) is 34.9 Å². The zero-order valence-electron chi connectivity index (χ0n) is 11.7. The molecule has 0 radical (unpaired) electrons. The standard InChI is InChI=1S/C18H12ClNO2/c19-12-6-7-15-14(10-12)16(11-4-2-1-3-5-11)13-8-9-22-18(21)17(13)20-15/h1-7,10H,8-9H2. The molecule has 0 N–H and O–H groups in total. The Morgan fingerprint density at radius 1 is 1.09 bits per heavy atom. The Balaban J connectivity index is 2.15. The molecule has 0 aliphatic carbocycles. The molecule has 0 saturated heterocycles. The van der Waals surface area contributed by atoms with Crippen molar-refractivity contribution < 1.29 is 9.53 Å². The van der Waals surface area contributed by atoms with Gasteiger partial charge < -0.3 is 4.74 Å². The van der Waals surface area contributed by atoms with Gasteiger partial charge in [0, 0.05) is 16.8 Å². The highest BCUT2D eigenvalue weighted by Crippen LogP contribution is 2.36. The van der Waals surface area contributed by atoms with Crippen LogP contribution in [0.2, 0.25) is 5.02 Å². The van der Waals surface area contributed by atoms with Crippen LogP contribution >= 0.6 is 11.6 Å². The van der Waals surface area contributed by atoms with Gasteiger partial charge in [-0.2, -0.15) is 0 Å². The molecule has 2 aromatic carbocycles. The number of cyclic esters (lactones) is 1. The maximum absolute atomic E-state index is 12.1. The Hall–Kier alpha value is -2.39. The molecular weight excluding hydrogens is 298 g/mol. The number of fused-ring (bicyclic) bond motifs is 2. The number of carbonyl (C=O) groups excluding carboxylic acids is 1. The van der Waals surface area contributed by atoms with Crippen molar-refractivity contribution in [3.8, 4) is 11.1 Å². The molecule has 3 nitrogen and oxygen atoms in total. The Kier molecular flexibility index (Phi) is 3.09. The number of hydrogen-bond donors (Lipinski definition) is 0. The fourth-order valence-electron chi connectivity index (χ4n) is 2.94. The molecule has 2 heterocycles. The van der Waals surface area contributed by atoms with E-state index in [4.69, 9.17) is 16.3 Å². The van der Waals surface area contributed by atoms with Gasteiger partial charge in [-0.25, -0.2) is 9.78 Å². The predicted molar refractivity (Wildman–Crippen MR) is 86.2 cm³/mol. The van der Waals surface area contributed by atoms with E-state index in [1.54, 1.807) is 6.07 Å². The van der Waals surface area contributed by atoms with E-state index in [1.807, 2.05) is 42.5 Å². The quantitative estimate of drug-likeness (QED) is 0.630. The number of carbonyl (C=O) groups is 1. The predicted octanol–water partition coefficient (Wildman–Crippen LogP) is 4.27. The summed E-state index contributed by atoms with van der Waals surface area (Å²) in [5.74, 6) is -0.352. The average Bonchev–Trinajstić information content (AvgIpc) is 2.54. The van der Waals surface area contributed by atoms with E-state index in [9.17, 15) is 4.79 Å². The summed E-state index contributed by atoms with van der Waals surface area (Å²) >= 11 is 6.17. The smallest absolute Gasteiger partial charge is 0.357 e. The Morgan fingerprint density at radius 2 is 1.91 bits per heavy atom. The fourth-order valence-corrected chi connectivity index (χ4v) is 3.11. The molecule has 3 aromatic rings. The minimum Gasteiger partial charge on any atom is -0.461 e. The number of esters is 1. The number of benzene rings is 2. The van der Waals surface area contributed by atoms with Gasteiger partial charge in [0.1, 0.15) is 0 Å². The molecule has 1 aromatic heterocycles. The molecule has 0 atom stereocenters. The lowest BCUT2D eigenvalue weighted by molar-refractivity contribution is 0.0473. The molecular formula is C18H12ClNO2. The maximum atomic E-state index is 12.1. The van der Waals surface area contributed by atoms with Crippen LogP contribution < -0.4 is 0 Å². The zero-order chi connectivity index (χ0) is 15.1. The highest BCUT2D eigenvalue weighted by atomic mass is 35.5. The summed E-state index contributed by atoms with van der Waals surface area (Å²) in [6.07, 6.45) is 0.667. The zero-order valence-corrected chi connectivity index (χ0v) is 12.4. The summed E-state index contributed by atoms with van der Waals surface area (Å²) in [5, 5.41) is 1.62. The van der Waals surface area contributed by atoms with Gasteiger partial charge in [0.15, 0.2) is 5.69 Å². The van der Waals surface area contributed by atoms with Crippen LogP contribution in [0.4, 0.5) is 0 Å². The Labute approximate surface area is 132 Å². The second-order valence-corrected chi connectivity index (χ2v) is 5.66. The van der Waals surface area contributed by atoms with Gasteiger partial charge in [-0.3, -0.25) is 0 Å².